The van der Waals surface area contributed by atoms with Crippen LogP contribution in [0.25, 0.3) is 0 Å². The molecule has 3 aromatic rings. The average Bonchev–Trinajstić information content (AvgIpc) is 2.76. The molecular weight excluding hydrogens is 408 g/mol. The number of hydrogen-bond acceptors (Lipinski definition) is 4. The maximum absolute atomic E-state index is 12.5. The molecule has 3 N–H and O–H groups in total. The van der Waals surface area contributed by atoms with Crippen molar-refractivity contribution in [3.8, 4) is 5.75 Å². The largest absolute Gasteiger partial charge is 0.493 e. The maximum Gasteiger partial charge on any atom is 0.238 e. The molecule has 0 aliphatic rings. The summed E-state index contributed by atoms with van der Waals surface area (Å²) in [4.78, 5) is 0.127. The number of ether oxygens (including phenoxy) is 1. The van der Waals surface area contributed by atoms with Gasteiger partial charge in [0, 0.05) is 25.1 Å². The second kappa shape index (κ2) is 11.1. The molecule has 0 aromatic heterocycles. The Kier molecular flexibility index (Phi) is 8.23. The first-order valence-corrected chi connectivity index (χ1v) is 12.1. The summed E-state index contributed by atoms with van der Waals surface area (Å²) in [6.45, 7) is 3.81. The van der Waals surface area contributed by atoms with E-state index in [-0.39, 0.29) is 4.90 Å². The fourth-order valence-electron chi connectivity index (χ4n) is 3.41. The van der Waals surface area contributed by atoms with E-state index in [0.717, 1.165) is 29.5 Å². The Balaban J connectivity index is 1.91. The van der Waals surface area contributed by atoms with E-state index in [4.69, 9.17) is 9.88 Å². The highest BCUT2D eigenvalue weighted by Gasteiger charge is 2.20. The third kappa shape index (κ3) is 6.92. The van der Waals surface area contributed by atoms with E-state index in [1.165, 1.54) is 0 Å². The van der Waals surface area contributed by atoms with Crippen molar-refractivity contribution in [1.29, 1.82) is 0 Å². The van der Waals surface area contributed by atoms with Gasteiger partial charge >= 0.3 is 0 Å². The Bertz CT molecular complexity index is 1070. The Morgan fingerprint density at radius 2 is 1.48 bits per heavy atom. The molecule has 0 fully saturated rings. The van der Waals surface area contributed by atoms with Crippen LogP contribution in [0.2, 0.25) is 0 Å². The Hall–Kier alpha value is -2.67. The van der Waals surface area contributed by atoms with Gasteiger partial charge in [0.2, 0.25) is 10.0 Å². The predicted molar refractivity (Wildman–Crippen MR) is 124 cm³/mol. The minimum absolute atomic E-state index is 0.127. The first-order valence-electron chi connectivity index (χ1n) is 10.6. The monoisotopic (exact) mass is 438 g/mol. The van der Waals surface area contributed by atoms with E-state index in [2.05, 4.69) is 12.2 Å². The number of primary sulfonamides is 1. The quantitative estimate of drug-likeness (QED) is 0.435. The van der Waals surface area contributed by atoms with E-state index in [1.807, 2.05) is 66.7 Å². The van der Waals surface area contributed by atoms with Crippen molar-refractivity contribution < 1.29 is 13.2 Å². The van der Waals surface area contributed by atoms with Gasteiger partial charge in [0.25, 0.3) is 0 Å². The van der Waals surface area contributed by atoms with Gasteiger partial charge in [0.1, 0.15) is 5.75 Å². The number of hydrogen-bond donors (Lipinski definition) is 2. The fraction of sp³-hybridized carbons (Fsp3) is 0.280. The molecule has 0 amide bonds. The Morgan fingerprint density at radius 3 is 2.10 bits per heavy atom. The molecule has 164 valence electrons. The number of nitrogens with one attached hydrogen (secondary N) is 1. The normalized spacial score (nSPS) is 11.4. The molecule has 0 aliphatic carbocycles. The van der Waals surface area contributed by atoms with E-state index in [1.54, 1.807) is 6.07 Å². The van der Waals surface area contributed by atoms with E-state index < -0.39 is 10.0 Å². The SMILES string of the molecule is CCCCOc1cc(CNCc2ccccc2)cc(S(N)(=O)=O)c1Cc1ccccc1. The molecule has 0 atom stereocenters. The number of nitrogens with two attached hydrogens (primary N) is 1. The van der Waals surface area contributed by atoms with Crippen molar-refractivity contribution in [2.24, 2.45) is 5.14 Å². The number of sulfonamides is 1. The van der Waals surface area contributed by atoms with Crippen LogP contribution in [0, 0.1) is 0 Å². The van der Waals surface area contributed by atoms with Crippen LogP contribution >= 0.6 is 0 Å². The highest BCUT2D eigenvalue weighted by atomic mass is 32.2. The molecule has 0 bridgehead atoms. The summed E-state index contributed by atoms with van der Waals surface area (Å²) in [5, 5.41) is 8.99. The summed E-state index contributed by atoms with van der Waals surface area (Å²) in [7, 11) is -3.91. The molecular formula is C25H30N2O3S. The van der Waals surface area contributed by atoms with Crippen molar-refractivity contribution in [3.05, 3.63) is 95.1 Å². The van der Waals surface area contributed by atoms with Crippen molar-refractivity contribution in [3.63, 3.8) is 0 Å². The second-order valence-electron chi connectivity index (χ2n) is 7.57. The van der Waals surface area contributed by atoms with Gasteiger partial charge in [-0.05, 0) is 35.2 Å². The molecule has 3 rings (SSSR count). The van der Waals surface area contributed by atoms with Crippen LogP contribution in [0.4, 0.5) is 0 Å². The molecule has 0 spiro atoms. The van der Waals surface area contributed by atoms with E-state index in [9.17, 15) is 8.42 Å². The maximum atomic E-state index is 12.5. The third-order valence-electron chi connectivity index (χ3n) is 5.01. The van der Waals surface area contributed by atoms with Crippen molar-refractivity contribution in [2.75, 3.05) is 6.61 Å². The van der Waals surface area contributed by atoms with Crippen LogP contribution in [-0.4, -0.2) is 15.0 Å². The van der Waals surface area contributed by atoms with Gasteiger partial charge in [-0.15, -0.1) is 0 Å². The second-order valence-corrected chi connectivity index (χ2v) is 9.10. The lowest BCUT2D eigenvalue weighted by atomic mass is 10.0. The summed E-state index contributed by atoms with van der Waals surface area (Å²) >= 11 is 0. The highest BCUT2D eigenvalue weighted by Crippen LogP contribution is 2.30. The topological polar surface area (TPSA) is 81.4 Å². The molecule has 6 heteroatoms. The zero-order valence-corrected chi connectivity index (χ0v) is 18.7. The molecule has 0 saturated carbocycles. The Morgan fingerprint density at radius 1 is 0.871 bits per heavy atom. The number of rotatable bonds is 11. The van der Waals surface area contributed by atoms with Gasteiger partial charge < -0.3 is 10.1 Å². The summed E-state index contributed by atoms with van der Waals surface area (Å²) in [6, 6.07) is 23.4. The molecule has 0 unspecified atom stereocenters. The summed E-state index contributed by atoms with van der Waals surface area (Å²) in [5.41, 5.74) is 3.59. The van der Waals surface area contributed by atoms with Crippen LogP contribution < -0.4 is 15.2 Å². The lowest BCUT2D eigenvalue weighted by Crippen LogP contribution is -2.18. The zero-order valence-electron chi connectivity index (χ0n) is 17.9. The molecule has 3 aromatic carbocycles. The van der Waals surface area contributed by atoms with E-state index >= 15 is 0 Å². The standard InChI is InChI=1S/C25H30N2O3S/c1-2-3-14-30-24-16-22(19-27-18-21-12-8-5-9-13-21)17-25(31(26,28)29)23(24)15-20-10-6-4-7-11-20/h4-13,16-17,27H,2-3,14-15,18-19H2,1H3,(H2,26,28,29). The van der Waals surface area contributed by atoms with Crippen LogP contribution in [0.1, 0.15) is 42.0 Å². The van der Waals surface area contributed by atoms with Gasteiger partial charge in [-0.1, -0.05) is 74.0 Å². The molecule has 0 aliphatic heterocycles. The van der Waals surface area contributed by atoms with Crippen molar-refractivity contribution in [2.45, 2.75) is 44.2 Å². The lowest BCUT2D eigenvalue weighted by Gasteiger charge is -2.17. The summed E-state index contributed by atoms with van der Waals surface area (Å²) in [6.07, 6.45) is 2.33. The highest BCUT2D eigenvalue weighted by molar-refractivity contribution is 7.89. The Labute approximate surface area is 185 Å². The fourth-order valence-corrected chi connectivity index (χ4v) is 4.24. The minimum Gasteiger partial charge on any atom is -0.493 e. The van der Waals surface area contributed by atoms with Gasteiger partial charge in [0.05, 0.1) is 11.5 Å². The number of unbranched alkanes of at least 4 members (excludes halogenated alkanes) is 1. The van der Waals surface area contributed by atoms with Crippen molar-refractivity contribution in [1.82, 2.24) is 5.32 Å². The molecule has 0 heterocycles. The molecule has 0 radical (unpaired) electrons. The first kappa shape index (κ1) is 23.0. The van der Waals surface area contributed by atoms with Gasteiger partial charge in [-0.25, -0.2) is 13.6 Å². The molecule has 5 nitrogen and oxygen atoms in total. The van der Waals surface area contributed by atoms with Crippen LogP contribution in [-0.2, 0) is 29.5 Å². The number of benzene rings is 3. The summed E-state index contributed by atoms with van der Waals surface area (Å²) in [5.74, 6) is 0.584. The minimum atomic E-state index is -3.91. The lowest BCUT2D eigenvalue weighted by molar-refractivity contribution is 0.305. The van der Waals surface area contributed by atoms with E-state index in [0.29, 0.717) is 37.4 Å². The third-order valence-corrected chi connectivity index (χ3v) is 5.99. The van der Waals surface area contributed by atoms with Crippen molar-refractivity contribution >= 4 is 10.0 Å². The van der Waals surface area contributed by atoms with Gasteiger partial charge in [-0.2, -0.15) is 0 Å². The molecule has 0 saturated heterocycles. The van der Waals surface area contributed by atoms with Gasteiger partial charge in [0.15, 0.2) is 0 Å². The van der Waals surface area contributed by atoms with Crippen LogP contribution in [0.15, 0.2) is 77.7 Å². The van der Waals surface area contributed by atoms with Crippen LogP contribution in [0.3, 0.4) is 0 Å². The molecule has 31 heavy (non-hydrogen) atoms. The zero-order chi connectivity index (χ0) is 22.1. The smallest absolute Gasteiger partial charge is 0.238 e. The summed E-state index contributed by atoms with van der Waals surface area (Å²) < 4.78 is 31.0. The van der Waals surface area contributed by atoms with Crippen LogP contribution in [0.5, 0.6) is 5.75 Å². The first-order chi connectivity index (χ1) is 15.0. The van der Waals surface area contributed by atoms with Gasteiger partial charge in [-0.3, -0.25) is 0 Å². The predicted octanol–water partition coefficient (Wildman–Crippen LogP) is 4.39. The average molecular weight is 439 g/mol.